The third-order valence-corrected chi connectivity index (χ3v) is 6.00. The standard InChI is InChI=1S/C27H33FO5/c1-27(2,3)33-26(29)17-31-23-13-20(14-23)18-6-8-19(9-7-18)24-15-21(10-11-25(24)28)32-22-5-4-12-30-16-22/h6-11,15,20,22-23H,4-5,12-14,16-17H2,1-3H3/t20?,22-,23?/m1/s1. The molecule has 2 aromatic carbocycles. The van der Waals surface area contributed by atoms with Gasteiger partial charge in [-0.15, -0.1) is 0 Å². The quantitative estimate of drug-likeness (QED) is 0.504. The zero-order chi connectivity index (χ0) is 23.4. The molecule has 2 aliphatic rings. The first-order chi connectivity index (χ1) is 15.8. The summed E-state index contributed by atoms with van der Waals surface area (Å²) in [6, 6.07) is 12.9. The van der Waals surface area contributed by atoms with Crippen LogP contribution in [0.4, 0.5) is 4.39 Å². The van der Waals surface area contributed by atoms with E-state index in [0.717, 1.165) is 37.9 Å². The van der Waals surface area contributed by atoms with Crippen molar-refractivity contribution in [3.8, 4) is 16.9 Å². The van der Waals surface area contributed by atoms with Crippen molar-refractivity contribution in [1.29, 1.82) is 0 Å². The van der Waals surface area contributed by atoms with E-state index in [9.17, 15) is 9.18 Å². The fraction of sp³-hybridized carbons (Fsp3) is 0.519. The molecule has 178 valence electrons. The average Bonchev–Trinajstić information content (AvgIpc) is 2.74. The molecule has 0 radical (unpaired) electrons. The van der Waals surface area contributed by atoms with Crippen molar-refractivity contribution in [2.45, 2.75) is 70.2 Å². The molecule has 1 saturated carbocycles. The van der Waals surface area contributed by atoms with Crippen molar-refractivity contribution in [3.63, 3.8) is 0 Å². The number of esters is 1. The smallest absolute Gasteiger partial charge is 0.332 e. The fourth-order valence-electron chi connectivity index (χ4n) is 4.26. The van der Waals surface area contributed by atoms with Crippen LogP contribution in [0.15, 0.2) is 42.5 Å². The van der Waals surface area contributed by atoms with E-state index < -0.39 is 5.60 Å². The Labute approximate surface area is 195 Å². The zero-order valence-electron chi connectivity index (χ0n) is 19.6. The third-order valence-electron chi connectivity index (χ3n) is 6.00. The summed E-state index contributed by atoms with van der Waals surface area (Å²) in [6.45, 7) is 6.86. The largest absolute Gasteiger partial charge is 0.488 e. The van der Waals surface area contributed by atoms with Gasteiger partial charge in [0.25, 0.3) is 0 Å². The Morgan fingerprint density at radius 2 is 1.85 bits per heavy atom. The predicted octanol–water partition coefficient (Wildman–Crippen LogP) is 5.65. The molecule has 4 rings (SSSR count). The van der Waals surface area contributed by atoms with Crippen molar-refractivity contribution >= 4 is 5.97 Å². The van der Waals surface area contributed by atoms with Crippen LogP contribution in [0.2, 0.25) is 0 Å². The number of carbonyl (C=O) groups excluding carboxylic acids is 1. The summed E-state index contributed by atoms with van der Waals surface area (Å²) >= 11 is 0. The molecule has 6 heteroatoms. The Kier molecular flexibility index (Phi) is 7.35. The topological polar surface area (TPSA) is 54.0 Å². The lowest BCUT2D eigenvalue weighted by Crippen LogP contribution is -2.33. The van der Waals surface area contributed by atoms with Crippen LogP contribution in [0.5, 0.6) is 5.75 Å². The molecular formula is C27H33FO5. The molecule has 0 N–H and O–H groups in total. The van der Waals surface area contributed by atoms with E-state index in [1.807, 2.05) is 45.0 Å². The molecule has 1 aliphatic heterocycles. The molecule has 1 saturated heterocycles. The molecule has 0 amide bonds. The molecule has 1 atom stereocenters. The Morgan fingerprint density at radius 3 is 2.52 bits per heavy atom. The van der Waals surface area contributed by atoms with Crippen LogP contribution >= 0.6 is 0 Å². The summed E-state index contributed by atoms with van der Waals surface area (Å²) in [5.41, 5.74) is 2.05. The van der Waals surface area contributed by atoms with E-state index >= 15 is 0 Å². The Hall–Kier alpha value is -2.44. The number of hydrogen-bond donors (Lipinski definition) is 0. The van der Waals surface area contributed by atoms with E-state index in [1.54, 1.807) is 12.1 Å². The Balaban J connectivity index is 1.31. The number of carbonyl (C=O) groups is 1. The molecular weight excluding hydrogens is 423 g/mol. The number of ether oxygens (including phenoxy) is 4. The van der Waals surface area contributed by atoms with Gasteiger partial charge in [-0.1, -0.05) is 24.3 Å². The van der Waals surface area contributed by atoms with E-state index in [2.05, 4.69) is 0 Å². The second-order valence-corrected chi connectivity index (χ2v) is 9.91. The SMILES string of the molecule is CC(C)(C)OC(=O)COC1CC(c2ccc(-c3cc(O[C@@H]4CCCOC4)ccc3F)cc2)C1. The minimum Gasteiger partial charge on any atom is -0.488 e. The fourth-order valence-corrected chi connectivity index (χ4v) is 4.26. The zero-order valence-corrected chi connectivity index (χ0v) is 19.6. The highest BCUT2D eigenvalue weighted by Gasteiger charge is 2.32. The molecule has 1 aliphatic carbocycles. The van der Waals surface area contributed by atoms with Crippen LogP contribution in [0.1, 0.15) is 57.9 Å². The lowest BCUT2D eigenvalue weighted by atomic mass is 9.77. The van der Waals surface area contributed by atoms with E-state index in [1.165, 1.54) is 11.6 Å². The molecule has 0 unspecified atom stereocenters. The van der Waals surface area contributed by atoms with Crippen LogP contribution < -0.4 is 4.74 Å². The normalized spacial score (nSPS) is 23.0. The minimum absolute atomic E-state index is 0.0156. The van der Waals surface area contributed by atoms with E-state index in [4.69, 9.17) is 18.9 Å². The van der Waals surface area contributed by atoms with Gasteiger partial charge in [0.05, 0.1) is 12.7 Å². The van der Waals surface area contributed by atoms with Gasteiger partial charge < -0.3 is 18.9 Å². The maximum atomic E-state index is 14.5. The monoisotopic (exact) mass is 456 g/mol. The summed E-state index contributed by atoms with van der Waals surface area (Å²) in [5, 5.41) is 0. The van der Waals surface area contributed by atoms with Gasteiger partial charge in [0.15, 0.2) is 0 Å². The molecule has 2 aromatic rings. The molecule has 1 heterocycles. The first kappa shape index (κ1) is 23.7. The maximum Gasteiger partial charge on any atom is 0.332 e. The van der Waals surface area contributed by atoms with Gasteiger partial charge in [-0.3, -0.25) is 0 Å². The maximum absolute atomic E-state index is 14.5. The Bertz CT molecular complexity index is 938. The van der Waals surface area contributed by atoms with Gasteiger partial charge in [-0.05, 0) is 81.7 Å². The Morgan fingerprint density at radius 1 is 1.09 bits per heavy atom. The highest BCUT2D eigenvalue weighted by Crippen LogP contribution is 2.39. The van der Waals surface area contributed by atoms with Crippen LogP contribution in [0.3, 0.4) is 0 Å². The predicted molar refractivity (Wildman–Crippen MR) is 124 cm³/mol. The molecule has 5 nitrogen and oxygen atoms in total. The van der Waals surface area contributed by atoms with Gasteiger partial charge in [-0.25, -0.2) is 9.18 Å². The van der Waals surface area contributed by atoms with Crippen molar-refractivity contribution < 1.29 is 28.1 Å². The molecule has 33 heavy (non-hydrogen) atoms. The van der Waals surface area contributed by atoms with Gasteiger partial charge >= 0.3 is 5.97 Å². The number of hydrogen-bond acceptors (Lipinski definition) is 5. The first-order valence-electron chi connectivity index (χ1n) is 11.7. The lowest BCUT2D eigenvalue weighted by molar-refractivity contribution is -0.164. The van der Waals surface area contributed by atoms with Crippen molar-refractivity contribution in [1.82, 2.24) is 0 Å². The van der Waals surface area contributed by atoms with Crippen molar-refractivity contribution in [2.24, 2.45) is 0 Å². The van der Waals surface area contributed by atoms with E-state index in [0.29, 0.717) is 23.8 Å². The summed E-state index contributed by atoms with van der Waals surface area (Å²) < 4.78 is 37.0. The minimum atomic E-state index is -0.500. The van der Waals surface area contributed by atoms with Gasteiger partial charge in [-0.2, -0.15) is 0 Å². The first-order valence-corrected chi connectivity index (χ1v) is 11.7. The molecule has 0 aromatic heterocycles. The van der Waals surface area contributed by atoms with Crippen LogP contribution in [0.25, 0.3) is 11.1 Å². The summed E-state index contributed by atoms with van der Waals surface area (Å²) in [7, 11) is 0. The molecule has 0 spiro atoms. The van der Waals surface area contributed by atoms with Crippen molar-refractivity contribution in [2.75, 3.05) is 19.8 Å². The second kappa shape index (κ2) is 10.2. The van der Waals surface area contributed by atoms with Crippen LogP contribution in [0, 0.1) is 5.82 Å². The summed E-state index contributed by atoms with van der Waals surface area (Å²) in [5.74, 6) is 0.442. The summed E-state index contributed by atoms with van der Waals surface area (Å²) in [4.78, 5) is 11.8. The second-order valence-electron chi connectivity index (χ2n) is 9.91. The summed E-state index contributed by atoms with van der Waals surface area (Å²) in [6.07, 6.45) is 3.74. The van der Waals surface area contributed by atoms with Crippen LogP contribution in [-0.2, 0) is 19.0 Å². The highest BCUT2D eigenvalue weighted by atomic mass is 19.1. The van der Waals surface area contributed by atoms with Gasteiger partial charge in [0.1, 0.15) is 29.9 Å². The molecule has 0 bridgehead atoms. The van der Waals surface area contributed by atoms with Crippen molar-refractivity contribution in [3.05, 3.63) is 53.8 Å². The number of rotatable bonds is 7. The van der Waals surface area contributed by atoms with Crippen LogP contribution in [-0.4, -0.2) is 43.6 Å². The highest BCUT2D eigenvalue weighted by molar-refractivity contribution is 5.71. The third kappa shape index (κ3) is 6.55. The average molecular weight is 457 g/mol. The van der Waals surface area contributed by atoms with Gasteiger partial charge in [0, 0.05) is 12.2 Å². The lowest BCUT2D eigenvalue weighted by Gasteiger charge is -2.35. The molecule has 2 fully saturated rings. The number of benzene rings is 2. The van der Waals surface area contributed by atoms with Gasteiger partial charge in [0.2, 0.25) is 0 Å². The number of halogens is 1. The van der Waals surface area contributed by atoms with E-state index in [-0.39, 0.29) is 30.6 Å².